The Morgan fingerprint density at radius 3 is 2.64 bits per heavy atom. The largest absolute Gasteiger partial charge is 0.503 e. The minimum Gasteiger partial charge on any atom is -0.503 e. The maximum absolute atomic E-state index is 12.6. The summed E-state index contributed by atoms with van der Waals surface area (Å²) in [7, 11) is 0. The van der Waals surface area contributed by atoms with E-state index in [9.17, 15) is 14.7 Å². The Kier molecular flexibility index (Phi) is 4.76. The first-order valence-electron chi connectivity index (χ1n) is 7.58. The molecule has 0 radical (unpaired) electrons. The Labute approximate surface area is 152 Å². The van der Waals surface area contributed by atoms with Gasteiger partial charge in [-0.3, -0.25) is 15.0 Å². The molecule has 1 fully saturated rings. The SMILES string of the molecule is CCOc1cc(/C=C2\C(=O)NN(c3ccccc3)C2=O)cc(Br)c1O. The van der Waals surface area contributed by atoms with E-state index in [1.54, 1.807) is 43.3 Å². The molecule has 1 saturated heterocycles. The summed E-state index contributed by atoms with van der Waals surface area (Å²) in [5.41, 5.74) is 3.68. The lowest BCUT2D eigenvalue weighted by molar-refractivity contribution is -0.117. The number of aromatic hydroxyl groups is 1. The number of ether oxygens (including phenoxy) is 1. The van der Waals surface area contributed by atoms with Crippen LogP contribution in [0.2, 0.25) is 0 Å². The quantitative estimate of drug-likeness (QED) is 0.608. The van der Waals surface area contributed by atoms with Gasteiger partial charge in [0.15, 0.2) is 11.5 Å². The molecule has 1 heterocycles. The van der Waals surface area contributed by atoms with E-state index < -0.39 is 11.8 Å². The van der Waals surface area contributed by atoms with Crippen LogP contribution in [-0.2, 0) is 9.59 Å². The Hall–Kier alpha value is -2.80. The number of anilines is 1. The topological polar surface area (TPSA) is 78.9 Å². The van der Waals surface area contributed by atoms with Crippen LogP contribution in [0, 0.1) is 0 Å². The molecule has 2 amide bonds. The molecule has 2 N–H and O–H groups in total. The van der Waals surface area contributed by atoms with Gasteiger partial charge in [0.2, 0.25) is 0 Å². The van der Waals surface area contributed by atoms with Gasteiger partial charge in [0.1, 0.15) is 5.57 Å². The van der Waals surface area contributed by atoms with Crippen molar-refractivity contribution in [1.82, 2.24) is 5.43 Å². The molecule has 0 aromatic heterocycles. The van der Waals surface area contributed by atoms with E-state index in [-0.39, 0.29) is 17.1 Å². The number of hydrogen-bond donors (Lipinski definition) is 2. The second-order valence-electron chi connectivity index (χ2n) is 5.26. The number of amides is 2. The summed E-state index contributed by atoms with van der Waals surface area (Å²) in [6.07, 6.45) is 1.47. The van der Waals surface area contributed by atoms with E-state index in [1.165, 1.54) is 11.1 Å². The summed E-state index contributed by atoms with van der Waals surface area (Å²) >= 11 is 3.24. The van der Waals surface area contributed by atoms with Crippen LogP contribution >= 0.6 is 15.9 Å². The Balaban J connectivity index is 1.96. The first kappa shape index (κ1) is 17.0. The summed E-state index contributed by atoms with van der Waals surface area (Å²) < 4.78 is 5.77. The Bertz CT molecular complexity index is 865. The zero-order valence-corrected chi connectivity index (χ0v) is 14.9. The Morgan fingerprint density at radius 1 is 1.24 bits per heavy atom. The summed E-state index contributed by atoms with van der Waals surface area (Å²) in [6.45, 7) is 2.17. The predicted octanol–water partition coefficient (Wildman–Crippen LogP) is 3.01. The highest BCUT2D eigenvalue weighted by atomic mass is 79.9. The van der Waals surface area contributed by atoms with E-state index in [1.807, 2.05) is 6.07 Å². The zero-order chi connectivity index (χ0) is 18.0. The fraction of sp³-hybridized carbons (Fsp3) is 0.111. The van der Waals surface area contributed by atoms with Crippen LogP contribution in [0.25, 0.3) is 6.08 Å². The predicted molar refractivity (Wildman–Crippen MR) is 97.0 cm³/mol. The third-order valence-corrected chi connectivity index (χ3v) is 4.17. The van der Waals surface area contributed by atoms with Gasteiger partial charge in [0, 0.05) is 0 Å². The molecule has 128 valence electrons. The van der Waals surface area contributed by atoms with Gasteiger partial charge in [0.25, 0.3) is 11.8 Å². The number of nitrogens with zero attached hydrogens (tertiary/aromatic N) is 1. The van der Waals surface area contributed by atoms with E-state index in [0.717, 1.165) is 0 Å². The number of carbonyl (C=O) groups is 2. The van der Waals surface area contributed by atoms with Crippen LogP contribution in [0.4, 0.5) is 5.69 Å². The third-order valence-electron chi connectivity index (χ3n) is 3.57. The van der Waals surface area contributed by atoms with Gasteiger partial charge in [-0.25, -0.2) is 5.01 Å². The van der Waals surface area contributed by atoms with Crippen molar-refractivity contribution in [3.05, 3.63) is 58.1 Å². The van der Waals surface area contributed by atoms with Gasteiger partial charge in [0.05, 0.1) is 16.8 Å². The van der Waals surface area contributed by atoms with Crippen molar-refractivity contribution in [3.8, 4) is 11.5 Å². The maximum Gasteiger partial charge on any atom is 0.282 e. The van der Waals surface area contributed by atoms with Gasteiger partial charge >= 0.3 is 0 Å². The molecule has 1 aliphatic heterocycles. The number of phenolic OH excluding ortho intramolecular Hbond substituents is 1. The maximum atomic E-state index is 12.6. The molecule has 2 aromatic rings. The van der Waals surface area contributed by atoms with Gasteiger partial charge in [-0.05, 0) is 58.8 Å². The molecule has 0 atom stereocenters. The van der Waals surface area contributed by atoms with E-state index in [4.69, 9.17) is 4.74 Å². The number of hydrogen-bond acceptors (Lipinski definition) is 4. The number of nitrogens with one attached hydrogen (secondary N) is 1. The summed E-state index contributed by atoms with van der Waals surface area (Å²) in [6, 6.07) is 12.0. The fourth-order valence-electron chi connectivity index (χ4n) is 2.43. The number of hydrazine groups is 1. The van der Waals surface area contributed by atoms with Crippen LogP contribution in [0.5, 0.6) is 11.5 Å². The average molecular weight is 403 g/mol. The zero-order valence-electron chi connectivity index (χ0n) is 13.3. The molecule has 6 nitrogen and oxygen atoms in total. The second kappa shape index (κ2) is 6.98. The smallest absolute Gasteiger partial charge is 0.282 e. The van der Waals surface area contributed by atoms with Crippen molar-refractivity contribution < 1.29 is 19.4 Å². The molecule has 25 heavy (non-hydrogen) atoms. The number of halogens is 1. The van der Waals surface area contributed by atoms with Gasteiger partial charge in [-0.1, -0.05) is 18.2 Å². The first-order valence-corrected chi connectivity index (χ1v) is 8.38. The number of para-hydroxylation sites is 1. The van der Waals surface area contributed by atoms with Crippen LogP contribution in [-0.4, -0.2) is 23.5 Å². The molecule has 0 saturated carbocycles. The van der Waals surface area contributed by atoms with Crippen molar-refractivity contribution in [2.24, 2.45) is 0 Å². The molecule has 0 aliphatic carbocycles. The molecular weight excluding hydrogens is 388 g/mol. The van der Waals surface area contributed by atoms with E-state index in [0.29, 0.717) is 22.3 Å². The average Bonchev–Trinajstić information content (AvgIpc) is 2.88. The minimum absolute atomic E-state index is 0.00360. The standard InChI is InChI=1S/C18H15BrN2O4/c1-2-25-15-10-11(9-14(19)16(15)22)8-13-17(23)20-21(18(13)24)12-6-4-3-5-7-12/h3-10,22H,2H2,1H3,(H,20,23)/b13-8+. The fourth-order valence-corrected chi connectivity index (χ4v) is 2.89. The van der Waals surface area contributed by atoms with Gasteiger partial charge in [-0.15, -0.1) is 0 Å². The van der Waals surface area contributed by atoms with Crippen LogP contribution in [0.15, 0.2) is 52.5 Å². The molecule has 0 spiro atoms. The normalized spacial score (nSPS) is 15.6. The molecule has 2 aromatic carbocycles. The molecule has 1 aliphatic rings. The van der Waals surface area contributed by atoms with Crippen molar-refractivity contribution >= 4 is 39.5 Å². The molecular formula is C18H15BrN2O4. The Morgan fingerprint density at radius 2 is 1.96 bits per heavy atom. The summed E-state index contributed by atoms with van der Waals surface area (Å²) in [5, 5.41) is 11.2. The first-order chi connectivity index (χ1) is 12.0. The minimum atomic E-state index is -0.490. The van der Waals surface area contributed by atoms with Gasteiger partial charge < -0.3 is 9.84 Å². The molecule has 0 bridgehead atoms. The number of rotatable bonds is 4. The lowest BCUT2D eigenvalue weighted by atomic mass is 10.1. The highest BCUT2D eigenvalue weighted by Crippen LogP contribution is 2.36. The lowest BCUT2D eigenvalue weighted by Crippen LogP contribution is -2.35. The van der Waals surface area contributed by atoms with E-state index >= 15 is 0 Å². The van der Waals surface area contributed by atoms with Crippen LogP contribution in [0.3, 0.4) is 0 Å². The van der Waals surface area contributed by atoms with Crippen molar-refractivity contribution in [2.45, 2.75) is 6.92 Å². The number of phenols is 1. The van der Waals surface area contributed by atoms with Crippen molar-refractivity contribution in [2.75, 3.05) is 11.6 Å². The van der Waals surface area contributed by atoms with E-state index in [2.05, 4.69) is 21.4 Å². The van der Waals surface area contributed by atoms with Crippen LogP contribution < -0.4 is 15.2 Å². The lowest BCUT2D eigenvalue weighted by Gasteiger charge is -2.13. The van der Waals surface area contributed by atoms with Crippen molar-refractivity contribution in [3.63, 3.8) is 0 Å². The number of benzene rings is 2. The highest BCUT2D eigenvalue weighted by molar-refractivity contribution is 9.10. The second-order valence-corrected chi connectivity index (χ2v) is 6.11. The number of carbonyl (C=O) groups excluding carboxylic acids is 2. The third kappa shape index (κ3) is 3.36. The molecule has 0 unspecified atom stereocenters. The summed E-state index contributed by atoms with van der Waals surface area (Å²) in [4.78, 5) is 24.8. The van der Waals surface area contributed by atoms with Crippen LogP contribution in [0.1, 0.15) is 12.5 Å². The summed E-state index contributed by atoms with van der Waals surface area (Å²) in [5.74, 6) is -0.694. The van der Waals surface area contributed by atoms with Crippen molar-refractivity contribution in [1.29, 1.82) is 0 Å². The molecule has 3 rings (SSSR count). The van der Waals surface area contributed by atoms with Gasteiger partial charge in [-0.2, -0.15) is 0 Å². The molecule has 7 heteroatoms. The highest BCUT2D eigenvalue weighted by Gasteiger charge is 2.34. The monoisotopic (exact) mass is 402 g/mol.